The number of rotatable bonds is 3. The standard InChI is InChI=1S/C51H32N2/c1-3-10-36-28-38(20-16-31(36)8-1)48-42-14-5-6-15-43(42)49(39-21-17-32-9-2-4-11-37(32)29-39)51-50(48)52-45-27-24-40(30-53(45)51)41-25-22-35-19-18-33-12-7-13-34-23-26-44(41)47(35)46(33)34/h1-17,20-30H,18-19H2. The van der Waals surface area contributed by atoms with Gasteiger partial charge in [-0.15, -0.1) is 0 Å². The number of nitrogens with zero attached hydrogens (tertiary/aromatic N) is 2. The molecule has 2 heteroatoms. The zero-order valence-corrected chi connectivity index (χ0v) is 29.0. The minimum Gasteiger partial charge on any atom is -0.298 e. The van der Waals surface area contributed by atoms with E-state index in [1.165, 1.54) is 98.4 Å². The van der Waals surface area contributed by atoms with Gasteiger partial charge >= 0.3 is 0 Å². The van der Waals surface area contributed by atoms with Crippen LogP contribution in [0.2, 0.25) is 0 Å². The van der Waals surface area contributed by atoms with E-state index in [4.69, 9.17) is 4.98 Å². The molecule has 2 heterocycles. The molecule has 0 unspecified atom stereocenters. The maximum absolute atomic E-state index is 5.51. The Bertz CT molecular complexity index is 3350. The fourth-order valence-electron chi connectivity index (χ4n) is 9.37. The molecule has 9 aromatic carbocycles. The van der Waals surface area contributed by atoms with Crippen LogP contribution in [-0.4, -0.2) is 9.38 Å². The molecule has 2 nitrogen and oxygen atoms in total. The Morgan fingerprint density at radius 1 is 0.415 bits per heavy atom. The van der Waals surface area contributed by atoms with Crippen molar-refractivity contribution < 1.29 is 0 Å². The summed E-state index contributed by atoms with van der Waals surface area (Å²) in [5, 5.41) is 12.9. The van der Waals surface area contributed by atoms with Gasteiger partial charge in [0.05, 0.1) is 11.0 Å². The molecular formula is C51H32N2. The van der Waals surface area contributed by atoms with E-state index in [-0.39, 0.29) is 0 Å². The van der Waals surface area contributed by atoms with Crippen LogP contribution in [0.5, 0.6) is 0 Å². The van der Waals surface area contributed by atoms with E-state index in [0.29, 0.717) is 0 Å². The Labute approximate surface area is 306 Å². The van der Waals surface area contributed by atoms with Gasteiger partial charge < -0.3 is 0 Å². The van der Waals surface area contributed by atoms with E-state index in [1.54, 1.807) is 0 Å². The van der Waals surface area contributed by atoms with Gasteiger partial charge in [0, 0.05) is 17.3 Å². The molecule has 0 amide bonds. The second-order valence-corrected chi connectivity index (χ2v) is 14.7. The first-order valence-corrected chi connectivity index (χ1v) is 18.6. The third kappa shape index (κ3) is 4.18. The van der Waals surface area contributed by atoms with Crippen LogP contribution in [0.15, 0.2) is 170 Å². The molecule has 246 valence electrons. The minimum atomic E-state index is 0.943. The molecule has 1 aliphatic rings. The lowest BCUT2D eigenvalue weighted by molar-refractivity contribution is 0.968. The predicted molar refractivity (Wildman–Crippen MR) is 224 cm³/mol. The third-order valence-corrected chi connectivity index (χ3v) is 11.8. The molecule has 0 saturated carbocycles. The fourth-order valence-corrected chi connectivity index (χ4v) is 9.37. The summed E-state index contributed by atoms with van der Waals surface area (Å²) in [6.07, 6.45) is 4.52. The largest absolute Gasteiger partial charge is 0.298 e. The normalized spacial score (nSPS) is 12.8. The van der Waals surface area contributed by atoms with Crippen LogP contribution < -0.4 is 0 Å². The third-order valence-electron chi connectivity index (χ3n) is 11.8. The number of aryl methyl sites for hydroxylation is 2. The van der Waals surface area contributed by atoms with Gasteiger partial charge in [0.25, 0.3) is 0 Å². The fraction of sp³-hybridized carbons (Fsp3) is 0.0392. The van der Waals surface area contributed by atoms with Gasteiger partial charge in [-0.2, -0.15) is 0 Å². The molecule has 0 bridgehead atoms. The topological polar surface area (TPSA) is 17.3 Å². The maximum Gasteiger partial charge on any atom is 0.137 e. The lowest BCUT2D eigenvalue weighted by atomic mass is 9.84. The first-order valence-electron chi connectivity index (χ1n) is 18.6. The summed E-state index contributed by atoms with van der Waals surface area (Å²) in [4.78, 5) is 5.51. The summed E-state index contributed by atoms with van der Waals surface area (Å²) in [5.41, 5.74) is 13.2. The summed E-state index contributed by atoms with van der Waals surface area (Å²) in [6.45, 7) is 0. The Morgan fingerprint density at radius 2 is 1.02 bits per heavy atom. The Kier molecular flexibility index (Phi) is 5.92. The molecule has 0 N–H and O–H groups in total. The number of aromatic nitrogens is 2. The molecule has 12 rings (SSSR count). The van der Waals surface area contributed by atoms with Crippen molar-refractivity contribution in [2.24, 2.45) is 0 Å². The molecule has 0 aliphatic heterocycles. The second-order valence-electron chi connectivity index (χ2n) is 14.7. The van der Waals surface area contributed by atoms with Crippen molar-refractivity contribution in [1.29, 1.82) is 0 Å². The summed E-state index contributed by atoms with van der Waals surface area (Å²) in [7, 11) is 0. The summed E-state index contributed by atoms with van der Waals surface area (Å²) in [6, 6.07) is 60.5. The molecule has 11 aromatic rings. The van der Waals surface area contributed by atoms with Crippen LogP contribution in [0.25, 0.3) is 104 Å². The maximum atomic E-state index is 5.51. The van der Waals surface area contributed by atoms with Gasteiger partial charge in [0.15, 0.2) is 0 Å². The number of hydrogen-bond donors (Lipinski definition) is 0. The zero-order chi connectivity index (χ0) is 34.6. The van der Waals surface area contributed by atoms with E-state index in [1.807, 2.05) is 0 Å². The number of benzene rings is 9. The van der Waals surface area contributed by atoms with E-state index in [9.17, 15) is 0 Å². The van der Waals surface area contributed by atoms with E-state index >= 15 is 0 Å². The van der Waals surface area contributed by atoms with Gasteiger partial charge in [-0.05, 0) is 124 Å². The first-order chi connectivity index (χ1) is 26.3. The molecule has 0 radical (unpaired) electrons. The van der Waals surface area contributed by atoms with Crippen molar-refractivity contribution >= 4 is 70.5 Å². The van der Waals surface area contributed by atoms with Crippen molar-refractivity contribution in [3.05, 3.63) is 181 Å². The van der Waals surface area contributed by atoms with Crippen LogP contribution >= 0.6 is 0 Å². The van der Waals surface area contributed by atoms with Gasteiger partial charge in [-0.3, -0.25) is 4.40 Å². The van der Waals surface area contributed by atoms with Crippen molar-refractivity contribution in [1.82, 2.24) is 9.38 Å². The highest BCUT2D eigenvalue weighted by molar-refractivity contribution is 6.21. The number of imidazole rings is 1. The molecule has 0 atom stereocenters. The SMILES string of the molecule is c1ccc2cc(-c3c4ccccc4c(-c4ccc5ccccc5c4)c4c3nc3ccc(-c5ccc6c7c5ccc5cccc(c57)CC6)cn34)ccc2c1. The molecule has 0 saturated heterocycles. The first kappa shape index (κ1) is 28.9. The van der Waals surface area contributed by atoms with Gasteiger partial charge in [0.2, 0.25) is 0 Å². The van der Waals surface area contributed by atoms with Gasteiger partial charge in [0.1, 0.15) is 5.65 Å². The van der Waals surface area contributed by atoms with E-state index in [2.05, 4.69) is 174 Å². The Hall–Kier alpha value is -6.77. The summed E-state index contributed by atoms with van der Waals surface area (Å²) in [5.74, 6) is 0. The van der Waals surface area contributed by atoms with Crippen molar-refractivity contribution in [2.45, 2.75) is 12.8 Å². The van der Waals surface area contributed by atoms with Crippen LogP contribution in [0.4, 0.5) is 0 Å². The quantitative estimate of drug-likeness (QED) is 0.171. The van der Waals surface area contributed by atoms with Crippen LogP contribution in [-0.2, 0) is 12.8 Å². The highest BCUT2D eigenvalue weighted by atomic mass is 15.0. The van der Waals surface area contributed by atoms with Crippen molar-refractivity contribution in [3.8, 4) is 33.4 Å². The monoisotopic (exact) mass is 672 g/mol. The molecule has 53 heavy (non-hydrogen) atoms. The zero-order valence-electron chi connectivity index (χ0n) is 29.0. The highest BCUT2D eigenvalue weighted by Gasteiger charge is 2.23. The van der Waals surface area contributed by atoms with E-state index < -0.39 is 0 Å². The molecular weight excluding hydrogens is 641 g/mol. The summed E-state index contributed by atoms with van der Waals surface area (Å²) >= 11 is 0. The average Bonchev–Trinajstić information content (AvgIpc) is 3.59. The molecule has 0 spiro atoms. The van der Waals surface area contributed by atoms with Crippen LogP contribution in [0, 0.1) is 0 Å². The molecule has 2 aromatic heterocycles. The van der Waals surface area contributed by atoms with Crippen molar-refractivity contribution in [2.75, 3.05) is 0 Å². The Balaban J connectivity index is 1.20. The predicted octanol–water partition coefficient (Wildman–Crippen LogP) is 13.4. The number of pyridine rings is 1. The number of fused-ring (bicyclic) bond motifs is 6. The molecule has 1 aliphatic carbocycles. The second kappa shape index (κ2) is 10.9. The molecule has 0 fully saturated rings. The Morgan fingerprint density at radius 3 is 1.77 bits per heavy atom. The lowest BCUT2D eigenvalue weighted by Gasteiger charge is -2.20. The van der Waals surface area contributed by atoms with Crippen LogP contribution in [0.3, 0.4) is 0 Å². The van der Waals surface area contributed by atoms with Gasteiger partial charge in [-0.1, -0.05) is 140 Å². The lowest BCUT2D eigenvalue weighted by Crippen LogP contribution is -2.02. The average molecular weight is 673 g/mol. The smallest absolute Gasteiger partial charge is 0.137 e. The van der Waals surface area contributed by atoms with Gasteiger partial charge in [-0.25, -0.2) is 4.98 Å². The summed E-state index contributed by atoms with van der Waals surface area (Å²) < 4.78 is 2.37. The van der Waals surface area contributed by atoms with E-state index in [0.717, 1.165) is 29.5 Å². The highest BCUT2D eigenvalue weighted by Crippen LogP contribution is 2.46. The van der Waals surface area contributed by atoms with Crippen LogP contribution in [0.1, 0.15) is 11.1 Å². The minimum absolute atomic E-state index is 0.943. The van der Waals surface area contributed by atoms with Crippen molar-refractivity contribution in [3.63, 3.8) is 0 Å². The number of hydrogen-bond acceptors (Lipinski definition) is 1.